The molecule has 36 heavy (non-hydrogen) atoms. The molecule has 0 fully saturated rings. The summed E-state index contributed by atoms with van der Waals surface area (Å²) in [6, 6.07) is 29.6. The second-order valence-electron chi connectivity index (χ2n) is 8.95. The number of fused-ring (bicyclic) bond motifs is 3. The first-order valence-corrected chi connectivity index (χ1v) is 12.2. The molecule has 5 rings (SSSR count). The number of hydrogen-bond donors (Lipinski definition) is 2. The molecule has 0 unspecified atom stereocenters. The summed E-state index contributed by atoms with van der Waals surface area (Å²) in [6.45, 7) is 4.59. The van der Waals surface area contributed by atoms with E-state index < -0.39 is 0 Å². The van der Waals surface area contributed by atoms with E-state index in [1.54, 1.807) is 0 Å². The number of ether oxygens (including phenoxy) is 2. The molecule has 0 aliphatic carbocycles. The van der Waals surface area contributed by atoms with Gasteiger partial charge >= 0.3 is 0 Å². The Morgan fingerprint density at radius 2 is 0.917 bits per heavy atom. The van der Waals surface area contributed by atoms with Crippen LogP contribution in [0.25, 0.3) is 43.8 Å². The summed E-state index contributed by atoms with van der Waals surface area (Å²) in [5, 5.41) is 23.2. The first kappa shape index (κ1) is 23.9. The van der Waals surface area contributed by atoms with Gasteiger partial charge in [0.25, 0.3) is 0 Å². The molecule has 0 saturated carbocycles. The minimum atomic E-state index is -0.0159. The molecule has 0 spiro atoms. The predicted molar refractivity (Wildman–Crippen MR) is 147 cm³/mol. The first-order chi connectivity index (χ1) is 17.6. The van der Waals surface area contributed by atoms with Gasteiger partial charge in [0.05, 0.1) is 13.2 Å². The molecule has 2 N–H and O–H groups in total. The Bertz CT molecular complexity index is 1420. The van der Waals surface area contributed by atoms with Crippen molar-refractivity contribution in [3.05, 3.63) is 96.1 Å². The number of aliphatic hydroxyl groups is 2. The minimum absolute atomic E-state index is 0.0159. The van der Waals surface area contributed by atoms with Gasteiger partial charge in [0, 0.05) is 0 Å². The normalized spacial score (nSPS) is 11.2. The lowest BCUT2D eigenvalue weighted by atomic mass is 9.84. The average molecular weight is 479 g/mol. The van der Waals surface area contributed by atoms with Crippen molar-refractivity contribution in [1.82, 2.24) is 0 Å². The van der Waals surface area contributed by atoms with Crippen LogP contribution >= 0.6 is 0 Å². The van der Waals surface area contributed by atoms with Crippen LogP contribution in [-0.4, -0.2) is 36.6 Å². The van der Waals surface area contributed by atoms with Crippen molar-refractivity contribution in [3.63, 3.8) is 0 Å². The molecule has 4 nitrogen and oxygen atoms in total. The highest BCUT2D eigenvalue weighted by Crippen LogP contribution is 2.45. The van der Waals surface area contributed by atoms with Crippen LogP contribution in [0.1, 0.15) is 11.1 Å². The summed E-state index contributed by atoms with van der Waals surface area (Å²) >= 11 is 0. The molecule has 0 radical (unpaired) electrons. The van der Waals surface area contributed by atoms with Crippen LogP contribution in [0, 0.1) is 13.8 Å². The van der Waals surface area contributed by atoms with Gasteiger partial charge in [-0.3, -0.25) is 0 Å². The monoisotopic (exact) mass is 478 g/mol. The van der Waals surface area contributed by atoms with Gasteiger partial charge in [0.1, 0.15) is 24.7 Å². The topological polar surface area (TPSA) is 58.9 Å². The third-order valence-corrected chi connectivity index (χ3v) is 6.56. The van der Waals surface area contributed by atoms with Gasteiger partial charge in [-0.05, 0) is 93.0 Å². The van der Waals surface area contributed by atoms with E-state index in [1.165, 1.54) is 32.7 Å². The Balaban J connectivity index is 1.81. The van der Waals surface area contributed by atoms with Gasteiger partial charge in [0.15, 0.2) is 0 Å². The zero-order valence-electron chi connectivity index (χ0n) is 20.6. The van der Waals surface area contributed by atoms with Gasteiger partial charge in [-0.2, -0.15) is 0 Å². The Hall–Kier alpha value is -3.86. The van der Waals surface area contributed by atoms with Gasteiger partial charge in [-0.25, -0.2) is 0 Å². The van der Waals surface area contributed by atoms with Crippen LogP contribution in [0.15, 0.2) is 84.9 Å². The molecule has 0 heterocycles. The second-order valence-corrected chi connectivity index (χ2v) is 8.95. The van der Waals surface area contributed by atoms with E-state index in [2.05, 4.69) is 72.8 Å². The highest BCUT2D eigenvalue weighted by atomic mass is 16.5. The Morgan fingerprint density at radius 3 is 1.28 bits per heavy atom. The van der Waals surface area contributed by atoms with E-state index >= 15 is 0 Å². The standard InChI is InChI=1S/C32H30O4/c1-21-19-23(11-13-29(21)35-17-15-33)31-27-9-5-3-7-25(27)26-8-4-6-10-28(26)32(31)24-12-14-30(22(2)20-24)36-18-16-34/h3-14,19-20,33-34H,15-18H2,1-2H3. The molecule has 5 aromatic rings. The highest BCUT2D eigenvalue weighted by Gasteiger charge is 2.18. The first-order valence-electron chi connectivity index (χ1n) is 12.2. The molecular formula is C32H30O4. The van der Waals surface area contributed by atoms with Crippen molar-refractivity contribution in [2.75, 3.05) is 26.4 Å². The molecule has 0 amide bonds. The van der Waals surface area contributed by atoms with Crippen LogP contribution in [-0.2, 0) is 0 Å². The molecule has 0 aromatic heterocycles. The molecule has 0 bridgehead atoms. The summed E-state index contributed by atoms with van der Waals surface area (Å²) in [5.74, 6) is 1.56. The lowest BCUT2D eigenvalue weighted by Crippen LogP contribution is -2.03. The molecule has 5 aromatic carbocycles. The number of rotatable bonds is 8. The van der Waals surface area contributed by atoms with Crippen molar-refractivity contribution < 1.29 is 19.7 Å². The molecular weight excluding hydrogens is 448 g/mol. The Kier molecular flexibility index (Phi) is 6.90. The van der Waals surface area contributed by atoms with E-state index in [4.69, 9.17) is 9.47 Å². The highest BCUT2D eigenvalue weighted by molar-refractivity contribution is 6.21. The number of hydrogen-bond acceptors (Lipinski definition) is 4. The largest absolute Gasteiger partial charge is 0.491 e. The van der Waals surface area contributed by atoms with Crippen LogP contribution in [0.5, 0.6) is 11.5 Å². The van der Waals surface area contributed by atoms with Crippen LogP contribution in [0.3, 0.4) is 0 Å². The fourth-order valence-corrected chi connectivity index (χ4v) is 4.99. The molecule has 182 valence electrons. The van der Waals surface area contributed by atoms with Crippen molar-refractivity contribution >= 4 is 21.5 Å². The summed E-state index contributed by atoms with van der Waals surface area (Å²) in [5.41, 5.74) is 6.60. The van der Waals surface area contributed by atoms with Crippen LogP contribution < -0.4 is 9.47 Å². The van der Waals surface area contributed by atoms with E-state index in [0.29, 0.717) is 0 Å². The quantitative estimate of drug-likeness (QED) is 0.244. The predicted octanol–water partition coefficient (Wildman–Crippen LogP) is 6.69. The minimum Gasteiger partial charge on any atom is -0.491 e. The smallest absolute Gasteiger partial charge is 0.122 e. The molecule has 0 atom stereocenters. The number of aliphatic hydroxyl groups excluding tert-OH is 2. The summed E-state index contributed by atoms with van der Waals surface area (Å²) in [4.78, 5) is 0. The molecule has 0 saturated heterocycles. The fraction of sp³-hybridized carbons (Fsp3) is 0.188. The van der Waals surface area contributed by atoms with Crippen molar-refractivity contribution in [3.8, 4) is 33.8 Å². The van der Waals surface area contributed by atoms with E-state index in [1.807, 2.05) is 26.0 Å². The fourth-order valence-electron chi connectivity index (χ4n) is 4.99. The second kappa shape index (κ2) is 10.4. The average Bonchev–Trinajstić information content (AvgIpc) is 2.91. The molecule has 0 aliphatic rings. The van der Waals surface area contributed by atoms with Crippen molar-refractivity contribution in [2.45, 2.75) is 13.8 Å². The van der Waals surface area contributed by atoms with E-state index in [0.717, 1.165) is 33.8 Å². The zero-order valence-corrected chi connectivity index (χ0v) is 20.6. The maximum atomic E-state index is 9.18. The van der Waals surface area contributed by atoms with Gasteiger partial charge in [0.2, 0.25) is 0 Å². The van der Waals surface area contributed by atoms with E-state index in [-0.39, 0.29) is 26.4 Å². The maximum absolute atomic E-state index is 9.18. The maximum Gasteiger partial charge on any atom is 0.122 e. The number of benzene rings is 5. The van der Waals surface area contributed by atoms with Crippen molar-refractivity contribution in [1.29, 1.82) is 0 Å². The van der Waals surface area contributed by atoms with Gasteiger partial charge in [-0.15, -0.1) is 0 Å². The van der Waals surface area contributed by atoms with Gasteiger partial charge < -0.3 is 19.7 Å². The van der Waals surface area contributed by atoms with Crippen LogP contribution in [0.2, 0.25) is 0 Å². The van der Waals surface area contributed by atoms with Gasteiger partial charge in [-0.1, -0.05) is 60.7 Å². The third-order valence-electron chi connectivity index (χ3n) is 6.56. The SMILES string of the molecule is Cc1cc(-c2c(-c3ccc(OCCO)c(C)c3)c3ccccc3c3ccccc23)ccc1OCCO. The Labute approximate surface area is 211 Å². The third kappa shape index (κ3) is 4.41. The molecule has 0 aliphatic heterocycles. The summed E-state index contributed by atoms with van der Waals surface area (Å²) < 4.78 is 11.5. The summed E-state index contributed by atoms with van der Waals surface area (Å²) in [6.07, 6.45) is 0. The lowest BCUT2D eigenvalue weighted by molar-refractivity contribution is 0.200. The molecule has 4 heteroatoms. The Morgan fingerprint density at radius 1 is 0.528 bits per heavy atom. The lowest BCUT2D eigenvalue weighted by Gasteiger charge is -2.20. The van der Waals surface area contributed by atoms with Crippen molar-refractivity contribution in [2.24, 2.45) is 0 Å². The zero-order chi connectivity index (χ0) is 25.1. The van der Waals surface area contributed by atoms with E-state index in [9.17, 15) is 10.2 Å². The number of aryl methyl sites for hydroxylation is 2. The van der Waals surface area contributed by atoms with Crippen LogP contribution in [0.4, 0.5) is 0 Å². The summed E-state index contributed by atoms with van der Waals surface area (Å²) in [7, 11) is 0.